The first-order chi connectivity index (χ1) is 15.7. The van der Waals surface area contributed by atoms with Gasteiger partial charge >= 0.3 is 11.6 Å². The van der Waals surface area contributed by atoms with E-state index in [-0.39, 0.29) is 29.1 Å². The number of benzene rings is 1. The second-order valence-corrected chi connectivity index (χ2v) is 8.23. The molecule has 8 nitrogen and oxygen atoms in total. The fourth-order valence-electron chi connectivity index (χ4n) is 3.89. The Balaban J connectivity index is 1.59. The van der Waals surface area contributed by atoms with Gasteiger partial charge in [-0.3, -0.25) is 9.59 Å². The standard InChI is InChI=1S/C23H20ClFN2O6/c1-12(22(29)27-8-2-3-13(11-27)23(30)31)32-19-7-6-16-17(10-20(28)33-21(16)26-19)15-5-4-14(25)9-18(15)24/h4-7,9-10,12-13H,2-3,8,11H2,1H3,(H,30,31)/t12?,13-/m0/s1. The van der Waals surface area contributed by atoms with Crippen molar-refractivity contribution in [2.24, 2.45) is 5.92 Å². The lowest BCUT2D eigenvalue weighted by atomic mass is 9.98. The van der Waals surface area contributed by atoms with E-state index < -0.39 is 29.4 Å². The number of piperidine rings is 1. The monoisotopic (exact) mass is 474 g/mol. The topological polar surface area (TPSA) is 110 Å². The fourth-order valence-corrected chi connectivity index (χ4v) is 4.16. The number of likely N-dealkylation sites (tertiary alicyclic amines) is 1. The molecular weight excluding hydrogens is 455 g/mol. The van der Waals surface area contributed by atoms with Crippen molar-refractivity contribution in [3.8, 4) is 17.0 Å². The van der Waals surface area contributed by atoms with Crippen LogP contribution in [0.2, 0.25) is 5.02 Å². The predicted molar refractivity (Wildman–Crippen MR) is 118 cm³/mol. The fraction of sp³-hybridized carbons (Fsp3) is 0.304. The minimum atomic E-state index is -0.927. The highest BCUT2D eigenvalue weighted by atomic mass is 35.5. The first-order valence-corrected chi connectivity index (χ1v) is 10.7. The molecule has 1 N–H and O–H groups in total. The molecule has 1 saturated heterocycles. The highest BCUT2D eigenvalue weighted by Gasteiger charge is 2.31. The number of hydrogen-bond acceptors (Lipinski definition) is 6. The smallest absolute Gasteiger partial charge is 0.338 e. The number of hydrogen-bond donors (Lipinski definition) is 1. The van der Waals surface area contributed by atoms with E-state index in [4.69, 9.17) is 20.8 Å². The quantitative estimate of drug-likeness (QED) is 0.599. The third-order valence-corrected chi connectivity index (χ3v) is 5.85. The van der Waals surface area contributed by atoms with Crippen molar-refractivity contribution < 1.29 is 28.2 Å². The van der Waals surface area contributed by atoms with Crippen molar-refractivity contribution in [2.75, 3.05) is 13.1 Å². The Morgan fingerprint density at radius 1 is 1.27 bits per heavy atom. The van der Waals surface area contributed by atoms with E-state index in [1.807, 2.05) is 0 Å². The molecule has 2 atom stereocenters. The lowest BCUT2D eigenvalue weighted by molar-refractivity contribution is -0.147. The average molecular weight is 475 g/mol. The number of carboxylic acid groups (broad SMARTS) is 1. The van der Waals surface area contributed by atoms with Crippen LogP contribution in [0.25, 0.3) is 22.2 Å². The Morgan fingerprint density at radius 2 is 2.06 bits per heavy atom. The maximum absolute atomic E-state index is 13.4. The van der Waals surface area contributed by atoms with E-state index in [2.05, 4.69) is 4.98 Å². The summed E-state index contributed by atoms with van der Waals surface area (Å²) in [4.78, 5) is 41.8. The van der Waals surface area contributed by atoms with Crippen LogP contribution >= 0.6 is 11.6 Å². The molecule has 172 valence electrons. The maximum atomic E-state index is 13.4. The largest absolute Gasteiger partial charge is 0.481 e. The number of amides is 1. The van der Waals surface area contributed by atoms with E-state index in [1.54, 1.807) is 13.0 Å². The summed E-state index contributed by atoms with van der Waals surface area (Å²) in [5, 5.41) is 9.81. The van der Waals surface area contributed by atoms with Gasteiger partial charge in [0.1, 0.15) is 5.82 Å². The zero-order valence-electron chi connectivity index (χ0n) is 17.6. The Kier molecular flexibility index (Phi) is 6.33. The SMILES string of the molecule is CC(Oc1ccc2c(-c3ccc(F)cc3Cl)cc(=O)oc2n1)C(=O)N1CCC[C@H](C(=O)O)C1. The van der Waals surface area contributed by atoms with Gasteiger partial charge in [0.15, 0.2) is 6.10 Å². The molecule has 4 rings (SSSR count). The van der Waals surface area contributed by atoms with E-state index in [9.17, 15) is 23.9 Å². The maximum Gasteiger partial charge on any atom is 0.338 e. The van der Waals surface area contributed by atoms with Gasteiger partial charge < -0.3 is 19.2 Å². The van der Waals surface area contributed by atoms with Crippen molar-refractivity contribution in [3.05, 3.63) is 57.7 Å². The van der Waals surface area contributed by atoms with Gasteiger partial charge in [0.05, 0.1) is 10.9 Å². The Labute approximate surface area is 192 Å². The first-order valence-electron chi connectivity index (χ1n) is 10.3. The lowest BCUT2D eigenvalue weighted by Gasteiger charge is -2.32. The lowest BCUT2D eigenvalue weighted by Crippen LogP contribution is -2.47. The van der Waals surface area contributed by atoms with Gasteiger partial charge in [0.25, 0.3) is 5.91 Å². The summed E-state index contributed by atoms with van der Waals surface area (Å²) >= 11 is 6.16. The zero-order chi connectivity index (χ0) is 23.7. The normalized spacial score (nSPS) is 17.1. The van der Waals surface area contributed by atoms with Crippen molar-refractivity contribution in [3.63, 3.8) is 0 Å². The van der Waals surface area contributed by atoms with Crippen molar-refractivity contribution in [1.82, 2.24) is 9.88 Å². The Bertz CT molecular complexity index is 1290. The van der Waals surface area contributed by atoms with Crippen LogP contribution in [0.4, 0.5) is 4.39 Å². The number of ether oxygens (including phenoxy) is 1. The van der Waals surface area contributed by atoms with Crippen LogP contribution in [0.15, 0.2) is 45.6 Å². The number of carbonyl (C=O) groups is 2. The van der Waals surface area contributed by atoms with E-state index in [1.165, 1.54) is 29.2 Å². The van der Waals surface area contributed by atoms with Crippen LogP contribution in [0.3, 0.4) is 0 Å². The van der Waals surface area contributed by atoms with Gasteiger partial charge in [-0.2, -0.15) is 4.98 Å². The number of aliphatic carboxylic acids is 1. The number of aromatic nitrogens is 1. The molecule has 0 aliphatic carbocycles. The number of carboxylic acids is 1. The third kappa shape index (κ3) is 4.83. The molecule has 3 aromatic rings. The predicted octanol–water partition coefficient (Wildman–Crippen LogP) is 3.74. The summed E-state index contributed by atoms with van der Waals surface area (Å²) in [5.41, 5.74) is 0.147. The Morgan fingerprint density at radius 3 is 2.79 bits per heavy atom. The molecule has 0 saturated carbocycles. The molecule has 1 aliphatic heterocycles. The minimum absolute atomic E-state index is 0.0287. The number of pyridine rings is 1. The summed E-state index contributed by atoms with van der Waals surface area (Å²) in [7, 11) is 0. The molecule has 3 heterocycles. The number of halogens is 2. The molecule has 1 unspecified atom stereocenters. The number of carbonyl (C=O) groups excluding carboxylic acids is 1. The van der Waals surface area contributed by atoms with Gasteiger partial charge in [-0.05, 0) is 44.0 Å². The highest BCUT2D eigenvalue weighted by molar-refractivity contribution is 6.33. The molecule has 0 bridgehead atoms. The van der Waals surface area contributed by atoms with Crippen molar-refractivity contribution >= 4 is 34.6 Å². The summed E-state index contributed by atoms with van der Waals surface area (Å²) in [5.74, 6) is -2.33. The van der Waals surface area contributed by atoms with Crippen LogP contribution < -0.4 is 10.4 Å². The summed E-state index contributed by atoms with van der Waals surface area (Å²) < 4.78 is 24.3. The van der Waals surface area contributed by atoms with Crippen LogP contribution in [0.5, 0.6) is 5.88 Å². The number of fused-ring (bicyclic) bond motifs is 1. The van der Waals surface area contributed by atoms with Gasteiger partial charge in [-0.1, -0.05) is 11.6 Å². The first kappa shape index (κ1) is 22.7. The van der Waals surface area contributed by atoms with Crippen LogP contribution in [-0.2, 0) is 9.59 Å². The average Bonchev–Trinajstić information content (AvgIpc) is 2.78. The summed E-state index contributed by atoms with van der Waals surface area (Å²) in [6.45, 7) is 2.13. The molecule has 0 radical (unpaired) electrons. The second kappa shape index (κ2) is 9.19. The molecule has 2 aromatic heterocycles. The molecular formula is C23H20ClFN2O6. The molecule has 1 amide bonds. The molecule has 1 aliphatic rings. The molecule has 33 heavy (non-hydrogen) atoms. The van der Waals surface area contributed by atoms with Crippen molar-refractivity contribution in [1.29, 1.82) is 0 Å². The second-order valence-electron chi connectivity index (χ2n) is 7.83. The van der Waals surface area contributed by atoms with Crippen molar-refractivity contribution in [2.45, 2.75) is 25.9 Å². The highest BCUT2D eigenvalue weighted by Crippen LogP contribution is 2.33. The Hall–Kier alpha value is -3.46. The van der Waals surface area contributed by atoms with Crippen LogP contribution in [-0.4, -0.2) is 46.1 Å². The third-order valence-electron chi connectivity index (χ3n) is 5.53. The summed E-state index contributed by atoms with van der Waals surface area (Å²) in [6.07, 6.45) is 0.202. The number of rotatable bonds is 5. The van der Waals surface area contributed by atoms with Gasteiger partial charge in [0, 0.05) is 41.7 Å². The van der Waals surface area contributed by atoms with Crippen LogP contribution in [0.1, 0.15) is 19.8 Å². The molecule has 1 fully saturated rings. The molecule has 1 aromatic carbocycles. The molecule has 10 heteroatoms. The van der Waals surface area contributed by atoms with Crippen LogP contribution in [0, 0.1) is 11.7 Å². The number of nitrogens with zero attached hydrogens (tertiary/aromatic N) is 2. The zero-order valence-corrected chi connectivity index (χ0v) is 18.3. The minimum Gasteiger partial charge on any atom is -0.481 e. The van der Waals surface area contributed by atoms with Gasteiger partial charge in [-0.15, -0.1) is 0 Å². The van der Waals surface area contributed by atoms with E-state index in [0.717, 1.165) is 6.07 Å². The molecule has 0 spiro atoms. The summed E-state index contributed by atoms with van der Waals surface area (Å²) in [6, 6.07) is 8.20. The van der Waals surface area contributed by atoms with Gasteiger partial charge in [0.2, 0.25) is 11.6 Å². The van der Waals surface area contributed by atoms with Gasteiger partial charge in [-0.25, -0.2) is 9.18 Å². The van der Waals surface area contributed by atoms with E-state index >= 15 is 0 Å². The van der Waals surface area contributed by atoms with E-state index in [0.29, 0.717) is 35.9 Å².